The lowest BCUT2D eigenvalue weighted by Gasteiger charge is -2.50. The molecule has 0 radical (unpaired) electrons. The van der Waals surface area contributed by atoms with Gasteiger partial charge in [0.05, 0.1) is 18.3 Å². The Morgan fingerprint density at radius 1 is 1.12 bits per heavy atom. The molecule has 2 unspecified atom stereocenters. The molecule has 1 spiro atoms. The van der Waals surface area contributed by atoms with Gasteiger partial charge in [0.25, 0.3) is 0 Å². The summed E-state index contributed by atoms with van der Waals surface area (Å²) in [4.78, 5) is 18.3. The zero-order valence-electron chi connectivity index (χ0n) is 21.6. The van der Waals surface area contributed by atoms with E-state index in [9.17, 15) is 23.1 Å². The van der Waals surface area contributed by atoms with E-state index in [-0.39, 0.29) is 47.0 Å². The minimum absolute atomic E-state index is 0.0102. The van der Waals surface area contributed by atoms with Crippen molar-refractivity contribution < 1.29 is 37.1 Å². The van der Waals surface area contributed by atoms with Crippen molar-refractivity contribution in [3.05, 3.63) is 59.5 Å². The van der Waals surface area contributed by atoms with Crippen LogP contribution in [-0.2, 0) is 11.3 Å². The van der Waals surface area contributed by atoms with Crippen LogP contribution in [0.1, 0.15) is 72.5 Å². The van der Waals surface area contributed by atoms with Crippen LogP contribution >= 0.6 is 0 Å². The van der Waals surface area contributed by atoms with Crippen LogP contribution < -0.4 is 9.64 Å². The summed E-state index contributed by atoms with van der Waals surface area (Å²) in [6, 6.07) is 9.74. The van der Waals surface area contributed by atoms with Crippen LogP contribution in [0, 0.1) is 5.41 Å². The molecule has 4 aliphatic rings. The van der Waals surface area contributed by atoms with E-state index in [1.54, 1.807) is 24.4 Å². The van der Waals surface area contributed by atoms with Gasteiger partial charge in [-0.3, -0.25) is 0 Å². The largest absolute Gasteiger partial charge is 0.573 e. The van der Waals surface area contributed by atoms with Crippen molar-refractivity contribution in [2.24, 2.45) is 5.41 Å². The Labute approximate surface area is 228 Å². The summed E-state index contributed by atoms with van der Waals surface area (Å²) in [6.45, 7) is 0.200. The lowest BCUT2D eigenvalue weighted by atomic mass is 9.59. The van der Waals surface area contributed by atoms with Crippen molar-refractivity contribution in [1.29, 1.82) is 0 Å². The van der Waals surface area contributed by atoms with Crippen molar-refractivity contribution in [2.75, 3.05) is 4.90 Å². The second kappa shape index (κ2) is 9.22. The van der Waals surface area contributed by atoms with Crippen LogP contribution in [0.5, 0.6) is 5.75 Å². The summed E-state index contributed by atoms with van der Waals surface area (Å²) < 4.78 is 55.5. The van der Waals surface area contributed by atoms with E-state index >= 15 is 0 Å². The van der Waals surface area contributed by atoms with Gasteiger partial charge in [0, 0.05) is 35.3 Å². The Bertz CT molecular complexity index is 1450. The van der Waals surface area contributed by atoms with Gasteiger partial charge in [-0.1, -0.05) is 17.3 Å². The van der Waals surface area contributed by atoms with Gasteiger partial charge in [-0.15, -0.1) is 13.2 Å². The summed E-state index contributed by atoms with van der Waals surface area (Å²) in [7, 11) is 0. The maximum atomic E-state index is 13.1. The van der Waals surface area contributed by atoms with Crippen LogP contribution in [0.2, 0.25) is 0 Å². The first-order valence-electron chi connectivity index (χ1n) is 13.6. The molecule has 2 aromatic heterocycles. The molecule has 1 N–H and O–H groups in total. The Hall–Kier alpha value is -3.60. The fourth-order valence-corrected chi connectivity index (χ4v) is 7.15. The van der Waals surface area contributed by atoms with Gasteiger partial charge in [0.1, 0.15) is 23.0 Å². The highest BCUT2D eigenvalue weighted by Gasteiger charge is 2.61. The lowest BCUT2D eigenvalue weighted by molar-refractivity contribution is -0.274. The number of carbonyl (C=O) groups is 1. The molecule has 4 heterocycles. The number of hydrogen-bond acceptors (Lipinski definition) is 7. The number of aromatic carboxylic acids is 1. The molecule has 7 rings (SSSR count). The fraction of sp³-hybridized carbons (Fsp3) is 0.483. The molecule has 11 heteroatoms. The average Bonchev–Trinajstić information content (AvgIpc) is 3.40. The third kappa shape index (κ3) is 4.40. The highest BCUT2D eigenvalue weighted by Crippen LogP contribution is 2.61. The quantitative estimate of drug-likeness (QED) is 0.345. The van der Waals surface area contributed by atoms with Gasteiger partial charge in [0.15, 0.2) is 0 Å². The standard InChI is InChI=1S/C29H28F3N3O5/c30-29(31,32)39-22-4-2-1-3-20(22)25-21(26(40-34-25)16-5-6-16)15-38-19-13-28(14-19)12-18-7-8-23(28)35(18)24-11-17(27(36)37)9-10-33-24/h1-4,9-11,16,18-19,23H,5-8,12-15H2,(H,36,37). The second-order valence-corrected chi connectivity index (χ2v) is 11.5. The van der Waals surface area contributed by atoms with Gasteiger partial charge < -0.3 is 24.0 Å². The molecule has 8 nitrogen and oxygen atoms in total. The number of hydrogen-bond donors (Lipinski definition) is 1. The minimum Gasteiger partial charge on any atom is -0.478 e. The topological polar surface area (TPSA) is 97.9 Å². The first-order valence-corrected chi connectivity index (χ1v) is 13.6. The van der Waals surface area contributed by atoms with Crippen LogP contribution in [0.25, 0.3) is 11.3 Å². The predicted octanol–water partition coefficient (Wildman–Crippen LogP) is 6.32. The van der Waals surface area contributed by atoms with E-state index < -0.39 is 12.3 Å². The highest BCUT2D eigenvalue weighted by atomic mass is 19.4. The van der Waals surface area contributed by atoms with Crippen LogP contribution in [0.4, 0.5) is 19.0 Å². The van der Waals surface area contributed by atoms with Crippen molar-refractivity contribution in [2.45, 2.75) is 82.0 Å². The number of anilines is 1. The van der Waals surface area contributed by atoms with E-state index in [4.69, 9.17) is 9.26 Å². The summed E-state index contributed by atoms with van der Waals surface area (Å²) >= 11 is 0. The maximum absolute atomic E-state index is 13.1. The third-order valence-electron chi connectivity index (χ3n) is 8.97. The van der Waals surface area contributed by atoms with E-state index in [0.717, 1.165) is 50.8 Å². The normalized spacial score (nSPS) is 27.3. The zero-order chi connectivity index (χ0) is 27.6. The summed E-state index contributed by atoms with van der Waals surface area (Å²) in [5, 5.41) is 13.6. The smallest absolute Gasteiger partial charge is 0.478 e. The number of pyridine rings is 1. The number of ether oxygens (including phenoxy) is 2. The number of halogens is 3. The minimum atomic E-state index is -4.82. The molecule has 2 atom stereocenters. The molecule has 3 aromatic rings. The number of benzene rings is 1. The van der Waals surface area contributed by atoms with E-state index in [0.29, 0.717) is 23.1 Å². The second-order valence-electron chi connectivity index (χ2n) is 11.5. The summed E-state index contributed by atoms with van der Waals surface area (Å²) in [5.74, 6) is 0.319. The van der Waals surface area contributed by atoms with Gasteiger partial charge in [-0.25, -0.2) is 9.78 Å². The van der Waals surface area contributed by atoms with Crippen molar-refractivity contribution in [3.63, 3.8) is 0 Å². The third-order valence-corrected chi connectivity index (χ3v) is 8.97. The molecule has 210 valence electrons. The Kier molecular flexibility index (Phi) is 5.85. The number of carboxylic acid groups (broad SMARTS) is 1. The Balaban J connectivity index is 1.07. The molecule has 2 aliphatic heterocycles. The van der Waals surface area contributed by atoms with Crippen molar-refractivity contribution >= 4 is 11.8 Å². The molecular formula is C29H28F3N3O5. The number of carboxylic acids is 1. The molecule has 1 aromatic carbocycles. The monoisotopic (exact) mass is 555 g/mol. The Morgan fingerprint density at radius 3 is 2.67 bits per heavy atom. The van der Waals surface area contributed by atoms with Gasteiger partial charge in [-0.2, -0.15) is 0 Å². The van der Waals surface area contributed by atoms with E-state index in [1.807, 2.05) is 0 Å². The predicted molar refractivity (Wildman–Crippen MR) is 136 cm³/mol. The highest BCUT2D eigenvalue weighted by molar-refractivity contribution is 5.88. The van der Waals surface area contributed by atoms with E-state index in [1.165, 1.54) is 18.2 Å². The SMILES string of the molecule is O=C(O)c1ccnc(N2C3CCC2C2(CC(OCc4c(-c5ccccc5OC(F)(F)F)noc4C4CC4)C2)C3)c1. The fourth-order valence-electron chi connectivity index (χ4n) is 7.15. The average molecular weight is 556 g/mol. The molecule has 0 amide bonds. The summed E-state index contributed by atoms with van der Waals surface area (Å²) in [5.41, 5.74) is 1.56. The number of aromatic nitrogens is 2. The Morgan fingerprint density at radius 2 is 1.93 bits per heavy atom. The molecule has 2 saturated heterocycles. The van der Waals surface area contributed by atoms with Crippen LogP contribution in [-0.4, -0.2) is 45.8 Å². The molecule has 2 bridgehead atoms. The molecular weight excluding hydrogens is 527 g/mol. The summed E-state index contributed by atoms with van der Waals surface area (Å²) in [6.07, 6.45) is 3.50. The maximum Gasteiger partial charge on any atom is 0.573 e. The first-order chi connectivity index (χ1) is 19.2. The van der Waals surface area contributed by atoms with E-state index in [2.05, 4.69) is 19.8 Å². The van der Waals surface area contributed by atoms with Gasteiger partial charge >= 0.3 is 12.3 Å². The van der Waals surface area contributed by atoms with Crippen molar-refractivity contribution in [1.82, 2.24) is 10.1 Å². The number of nitrogens with zero attached hydrogens (tertiary/aromatic N) is 3. The lowest BCUT2D eigenvalue weighted by Crippen LogP contribution is -2.50. The number of fused-ring (bicyclic) bond motifs is 3. The molecule has 2 saturated carbocycles. The zero-order valence-corrected chi connectivity index (χ0v) is 21.6. The number of para-hydroxylation sites is 1. The molecule has 4 fully saturated rings. The van der Waals surface area contributed by atoms with Gasteiger partial charge in [-0.05, 0) is 74.6 Å². The molecule has 40 heavy (non-hydrogen) atoms. The number of rotatable bonds is 8. The van der Waals surface area contributed by atoms with Crippen molar-refractivity contribution in [3.8, 4) is 17.0 Å². The van der Waals surface area contributed by atoms with Crippen LogP contribution in [0.15, 0.2) is 47.1 Å². The molecule has 2 aliphatic carbocycles. The first kappa shape index (κ1) is 25.4. The van der Waals surface area contributed by atoms with Crippen LogP contribution in [0.3, 0.4) is 0 Å². The van der Waals surface area contributed by atoms with Gasteiger partial charge in [0.2, 0.25) is 0 Å². The number of alkyl halides is 3.